The van der Waals surface area contributed by atoms with Crippen LogP contribution >= 0.6 is 0 Å². The summed E-state index contributed by atoms with van der Waals surface area (Å²) in [6, 6.07) is 10.8. The molecule has 194 valence electrons. The number of hydrogen-bond donors (Lipinski definition) is 1. The molecule has 2 heterocycles. The van der Waals surface area contributed by atoms with Crippen LogP contribution in [0, 0.1) is 17.0 Å². The monoisotopic (exact) mass is 516 g/mol. The van der Waals surface area contributed by atoms with Crippen molar-refractivity contribution in [1.82, 2.24) is 19.6 Å². The van der Waals surface area contributed by atoms with Gasteiger partial charge >= 0.3 is 12.2 Å². The van der Waals surface area contributed by atoms with Crippen LogP contribution < -0.4 is 5.32 Å². The van der Waals surface area contributed by atoms with Gasteiger partial charge in [0.2, 0.25) is 0 Å². The zero-order chi connectivity index (χ0) is 26.9. The van der Waals surface area contributed by atoms with E-state index in [9.17, 15) is 32.9 Å². The number of carbonyl (C=O) groups excluding carboxylic acids is 2. The highest BCUT2D eigenvalue weighted by Gasteiger charge is 2.42. The number of halogens is 3. The first-order chi connectivity index (χ1) is 17.5. The number of alkyl halides is 3. The molecular weight excluding hydrogens is 493 g/mol. The molecule has 0 saturated carbocycles. The lowest BCUT2D eigenvalue weighted by molar-refractivity contribution is -0.384. The summed E-state index contributed by atoms with van der Waals surface area (Å²) >= 11 is 0. The fourth-order valence-corrected chi connectivity index (χ4v) is 4.22. The predicted octanol–water partition coefficient (Wildman–Crippen LogP) is 4.49. The predicted molar refractivity (Wildman–Crippen MR) is 127 cm³/mol. The van der Waals surface area contributed by atoms with E-state index in [0.717, 1.165) is 36.0 Å². The lowest BCUT2D eigenvalue weighted by Gasteiger charge is -2.39. The number of carbonyl (C=O) groups is 2. The number of rotatable bonds is 4. The highest BCUT2D eigenvalue weighted by molar-refractivity contribution is 5.96. The maximum Gasteiger partial charge on any atom is 0.434 e. The van der Waals surface area contributed by atoms with Crippen molar-refractivity contribution in [2.75, 3.05) is 25.0 Å². The molecule has 10 nitrogen and oxygen atoms in total. The molecule has 1 saturated heterocycles. The minimum Gasteiger partial charge on any atom is -0.335 e. The number of nitrogens with zero attached hydrogens (tertiary/aromatic N) is 5. The summed E-state index contributed by atoms with van der Waals surface area (Å²) in [5, 5.41) is 17.4. The van der Waals surface area contributed by atoms with Gasteiger partial charge in [-0.1, -0.05) is 12.1 Å². The van der Waals surface area contributed by atoms with Gasteiger partial charge in [0, 0.05) is 43.5 Å². The number of nitro benzene ring substituents is 1. The summed E-state index contributed by atoms with van der Waals surface area (Å²) in [5.41, 5.74) is -0.712. The van der Waals surface area contributed by atoms with E-state index in [0.29, 0.717) is 10.4 Å². The summed E-state index contributed by atoms with van der Waals surface area (Å²) in [6.07, 6.45) is -4.08. The number of hydrogen-bond acceptors (Lipinski definition) is 5. The van der Waals surface area contributed by atoms with Crippen LogP contribution in [0.15, 0.2) is 54.7 Å². The Labute approximate surface area is 209 Å². The Hall–Kier alpha value is -4.42. The Bertz CT molecular complexity index is 1340. The van der Waals surface area contributed by atoms with Gasteiger partial charge in [0.1, 0.15) is 0 Å². The van der Waals surface area contributed by atoms with E-state index in [-0.39, 0.29) is 37.0 Å². The van der Waals surface area contributed by atoms with Gasteiger partial charge in [-0.3, -0.25) is 14.9 Å². The molecule has 1 N–H and O–H groups in total. The number of anilines is 1. The van der Waals surface area contributed by atoms with Crippen molar-refractivity contribution in [3.63, 3.8) is 0 Å². The molecule has 0 radical (unpaired) electrons. The molecule has 37 heavy (non-hydrogen) atoms. The second kappa shape index (κ2) is 9.91. The molecule has 3 amide bonds. The highest BCUT2D eigenvalue weighted by atomic mass is 19.4. The number of nitrogens with one attached hydrogen (secondary N) is 1. The molecule has 0 bridgehead atoms. The maximum atomic E-state index is 14.0. The first kappa shape index (κ1) is 25.7. The first-order valence-electron chi connectivity index (χ1n) is 11.3. The molecule has 1 aliphatic heterocycles. The normalized spacial score (nSPS) is 16.0. The van der Waals surface area contributed by atoms with Crippen molar-refractivity contribution in [2.24, 2.45) is 0 Å². The number of aromatic nitrogens is 2. The van der Waals surface area contributed by atoms with Gasteiger partial charge in [0.15, 0.2) is 5.69 Å². The molecule has 3 aromatic rings. The third kappa shape index (κ3) is 5.39. The second-order valence-corrected chi connectivity index (χ2v) is 8.68. The summed E-state index contributed by atoms with van der Waals surface area (Å²) in [6.45, 7) is 3.79. The average Bonchev–Trinajstić information content (AvgIpc) is 3.29. The summed E-state index contributed by atoms with van der Waals surface area (Å²) < 4.78 is 42.7. The van der Waals surface area contributed by atoms with Gasteiger partial charge in [0.25, 0.3) is 11.6 Å². The Balaban J connectivity index is 1.52. The lowest BCUT2D eigenvalue weighted by atomic mass is 10.1. The van der Waals surface area contributed by atoms with Crippen LogP contribution in [-0.2, 0) is 6.18 Å². The van der Waals surface area contributed by atoms with E-state index in [2.05, 4.69) is 10.4 Å². The fraction of sp³-hybridized carbons (Fsp3) is 0.292. The zero-order valence-electron chi connectivity index (χ0n) is 19.9. The third-order valence-electron chi connectivity index (χ3n) is 6.02. The number of amides is 3. The molecule has 1 unspecified atom stereocenters. The molecule has 0 aliphatic carbocycles. The Morgan fingerprint density at radius 1 is 1.14 bits per heavy atom. The number of benzene rings is 2. The van der Waals surface area contributed by atoms with E-state index in [1.807, 2.05) is 19.1 Å². The van der Waals surface area contributed by atoms with Crippen molar-refractivity contribution >= 4 is 23.3 Å². The Morgan fingerprint density at radius 2 is 1.84 bits per heavy atom. The molecule has 13 heteroatoms. The van der Waals surface area contributed by atoms with Crippen LogP contribution in [0.25, 0.3) is 5.69 Å². The molecule has 2 aromatic carbocycles. The third-order valence-corrected chi connectivity index (χ3v) is 6.02. The van der Waals surface area contributed by atoms with Crippen LogP contribution in [0.1, 0.15) is 28.5 Å². The number of nitro groups is 1. The van der Waals surface area contributed by atoms with Crippen molar-refractivity contribution in [1.29, 1.82) is 0 Å². The number of aryl methyl sites for hydroxylation is 1. The molecular formula is C24H23F3N6O4. The summed E-state index contributed by atoms with van der Waals surface area (Å²) in [5.74, 6) is -0.869. The molecule has 0 spiro atoms. The average molecular weight is 516 g/mol. The van der Waals surface area contributed by atoms with Gasteiger partial charge in [0.05, 0.1) is 22.4 Å². The van der Waals surface area contributed by atoms with Gasteiger partial charge in [-0.25, -0.2) is 9.48 Å². The summed E-state index contributed by atoms with van der Waals surface area (Å²) in [7, 11) is 0. The van der Waals surface area contributed by atoms with Crippen molar-refractivity contribution < 1.29 is 27.7 Å². The quantitative estimate of drug-likeness (QED) is 0.406. The summed E-state index contributed by atoms with van der Waals surface area (Å²) in [4.78, 5) is 38.9. The SMILES string of the molecule is Cc1cccc(NC(=O)N2CCN(C(=O)c3cnn(-c4ccc([N+](=O)[O-])cc4)c3C(F)(F)F)CC2C)c1. The van der Waals surface area contributed by atoms with Crippen LogP contribution in [0.2, 0.25) is 0 Å². The van der Waals surface area contributed by atoms with Crippen molar-refractivity contribution in [3.8, 4) is 5.69 Å². The van der Waals surface area contributed by atoms with E-state index in [1.165, 1.54) is 9.80 Å². The minimum absolute atomic E-state index is 0.0279. The Morgan fingerprint density at radius 3 is 2.43 bits per heavy atom. The molecule has 4 rings (SSSR count). The van der Waals surface area contributed by atoms with E-state index in [1.54, 1.807) is 19.1 Å². The van der Waals surface area contributed by atoms with Crippen LogP contribution in [-0.4, -0.2) is 62.1 Å². The standard InChI is InChI=1S/C24H23F3N6O4/c1-15-4-3-5-17(12-15)29-23(35)31-11-10-30(14-16(31)2)22(34)20-13-28-32(21(20)24(25,26)27)18-6-8-19(9-7-18)33(36)37/h3-9,12-13,16H,10-11,14H2,1-2H3,(H,29,35). The lowest BCUT2D eigenvalue weighted by Crippen LogP contribution is -2.56. The second-order valence-electron chi connectivity index (χ2n) is 8.68. The van der Waals surface area contributed by atoms with Crippen LogP contribution in [0.5, 0.6) is 0 Å². The topological polar surface area (TPSA) is 114 Å². The van der Waals surface area contributed by atoms with Crippen molar-refractivity contribution in [3.05, 3.63) is 81.7 Å². The van der Waals surface area contributed by atoms with E-state index < -0.39 is 34.3 Å². The molecule has 1 aliphatic rings. The van der Waals surface area contributed by atoms with Gasteiger partial charge in [-0.05, 0) is 43.7 Å². The maximum absolute atomic E-state index is 14.0. The van der Waals surface area contributed by atoms with E-state index >= 15 is 0 Å². The fourth-order valence-electron chi connectivity index (χ4n) is 4.22. The molecule has 1 fully saturated rings. The van der Waals surface area contributed by atoms with Crippen molar-refractivity contribution in [2.45, 2.75) is 26.1 Å². The zero-order valence-corrected chi connectivity index (χ0v) is 19.9. The highest BCUT2D eigenvalue weighted by Crippen LogP contribution is 2.34. The molecule has 1 atom stereocenters. The van der Waals surface area contributed by atoms with Gasteiger partial charge in [-0.15, -0.1) is 0 Å². The smallest absolute Gasteiger partial charge is 0.335 e. The molecule has 1 aromatic heterocycles. The number of urea groups is 1. The van der Waals surface area contributed by atoms with Crippen LogP contribution in [0.4, 0.5) is 29.3 Å². The number of piperazine rings is 1. The van der Waals surface area contributed by atoms with Crippen LogP contribution in [0.3, 0.4) is 0 Å². The Kier molecular flexibility index (Phi) is 6.88. The number of non-ortho nitro benzene ring substituents is 1. The van der Waals surface area contributed by atoms with Gasteiger partial charge < -0.3 is 15.1 Å². The van der Waals surface area contributed by atoms with E-state index in [4.69, 9.17) is 0 Å². The largest absolute Gasteiger partial charge is 0.434 e. The minimum atomic E-state index is -4.93. The first-order valence-corrected chi connectivity index (χ1v) is 11.3. The van der Waals surface area contributed by atoms with Gasteiger partial charge in [-0.2, -0.15) is 18.3 Å².